The molecule has 3 aromatic carbocycles. The molecular weight excluding hydrogens is 524 g/mol. The average molecular weight is 552 g/mol. The van der Waals surface area contributed by atoms with Gasteiger partial charge in [-0.15, -0.1) is 0 Å². The van der Waals surface area contributed by atoms with Crippen molar-refractivity contribution in [3.8, 4) is 0 Å². The Balaban J connectivity index is 1.84. The highest BCUT2D eigenvalue weighted by Gasteiger charge is 2.23. The number of alkyl halides is 1. The summed E-state index contributed by atoms with van der Waals surface area (Å²) in [6, 6.07) is 24.5. The summed E-state index contributed by atoms with van der Waals surface area (Å²) in [6.07, 6.45) is 0.356. The standard InChI is InChI=1S/C25H28BrClN2O3S/c1-33(31,32)29(18-21-10-6-3-7-11-21)24-16-22(12-13-23(24)27)25(30)19-28(15-14-26)17-20-8-4-2-5-9-20/h2-13,16,25,30H,14-15,17-19H2,1H3. The van der Waals surface area contributed by atoms with Crippen LogP contribution in [0.2, 0.25) is 5.02 Å². The lowest BCUT2D eigenvalue weighted by atomic mass is 10.1. The van der Waals surface area contributed by atoms with Gasteiger partial charge in [-0.25, -0.2) is 8.42 Å². The summed E-state index contributed by atoms with van der Waals surface area (Å²) >= 11 is 9.92. The maximum Gasteiger partial charge on any atom is 0.232 e. The maximum atomic E-state index is 12.6. The number of anilines is 1. The van der Waals surface area contributed by atoms with E-state index in [9.17, 15) is 13.5 Å². The Hall–Kier alpha value is -1.90. The Morgan fingerprint density at radius 1 is 0.939 bits per heavy atom. The van der Waals surface area contributed by atoms with Gasteiger partial charge in [0.15, 0.2) is 0 Å². The Morgan fingerprint density at radius 3 is 2.06 bits per heavy atom. The second kappa shape index (κ2) is 12.0. The second-order valence-corrected chi connectivity index (χ2v) is 11.0. The number of benzene rings is 3. The van der Waals surface area contributed by atoms with Crippen LogP contribution in [0.1, 0.15) is 22.8 Å². The Morgan fingerprint density at radius 2 is 1.52 bits per heavy atom. The van der Waals surface area contributed by atoms with E-state index in [0.29, 0.717) is 29.4 Å². The molecule has 3 aromatic rings. The molecule has 176 valence electrons. The molecule has 0 saturated heterocycles. The van der Waals surface area contributed by atoms with Crippen molar-refractivity contribution in [3.05, 3.63) is 101 Å². The second-order valence-electron chi connectivity index (χ2n) is 7.89. The predicted molar refractivity (Wildman–Crippen MR) is 139 cm³/mol. The molecule has 0 aliphatic carbocycles. The molecule has 0 radical (unpaired) electrons. The van der Waals surface area contributed by atoms with E-state index >= 15 is 0 Å². The van der Waals surface area contributed by atoms with Gasteiger partial charge in [-0.1, -0.05) is 94.3 Å². The van der Waals surface area contributed by atoms with Gasteiger partial charge in [0.1, 0.15) is 0 Å². The molecule has 1 N–H and O–H groups in total. The molecule has 0 aliphatic heterocycles. The molecule has 33 heavy (non-hydrogen) atoms. The van der Waals surface area contributed by atoms with Gasteiger partial charge in [-0.3, -0.25) is 9.21 Å². The normalized spacial score (nSPS) is 12.6. The van der Waals surface area contributed by atoms with Crippen LogP contribution in [-0.4, -0.2) is 43.1 Å². The zero-order valence-corrected chi connectivity index (χ0v) is 21.6. The van der Waals surface area contributed by atoms with E-state index in [1.165, 1.54) is 4.31 Å². The van der Waals surface area contributed by atoms with E-state index < -0.39 is 16.1 Å². The lowest BCUT2D eigenvalue weighted by Gasteiger charge is -2.27. The first kappa shape index (κ1) is 25.7. The molecule has 0 heterocycles. The number of hydrogen-bond donors (Lipinski definition) is 1. The average Bonchev–Trinajstić information content (AvgIpc) is 2.79. The van der Waals surface area contributed by atoms with Crippen molar-refractivity contribution < 1.29 is 13.5 Å². The fourth-order valence-corrected chi connectivity index (χ4v) is 5.27. The number of halogens is 2. The van der Waals surface area contributed by atoms with Gasteiger partial charge in [-0.2, -0.15) is 0 Å². The summed E-state index contributed by atoms with van der Waals surface area (Å²) in [5, 5.41) is 12.1. The van der Waals surface area contributed by atoms with Gasteiger partial charge in [-0.05, 0) is 28.8 Å². The molecule has 0 aliphatic rings. The number of aliphatic hydroxyl groups is 1. The van der Waals surface area contributed by atoms with Crippen molar-refractivity contribution in [1.82, 2.24) is 4.90 Å². The molecule has 0 bridgehead atoms. The molecule has 0 aromatic heterocycles. The summed E-state index contributed by atoms with van der Waals surface area (Å²) in [4.78, 5) is 2.15. The highest BCUT2D eigenvalue weighted by molar-refractivity contribution is 9.09. The van der Waals surface area contributed by atoms with Crippen molar-refractivity contribution in [3.63, 3.8) is 0 Å². The van der Waals surface area contributed by atoms with E-state index in [4.69, 9.17) is 11.6 Å². The summed E-state index contributed by atoms with van der Waals surface area (Å²) < 4.78 is 26.5. The predicted octanol–water partition coefficient (Wildman–Crippen LogP) is 5.24. The van der Waals surface area contributed by atoms with Crippen molar-refractivity contribution >= 4 is 43.2 Å². The minimum absolute atomic E-state index is 0.155. The van der Waals surface area contributed by atoms with E-state index in [0.717, 1.165) is 29.3 Å². The van der Waals surface area contributed by atoms with Crippen LogP contribution in [0.4, 0.5) is 5.69 Å². The van der Waals surface area contributed by atoms with Crippen LogP contribution in [-0.2, 0) is 23.1 Å². The Kier molecular flexibility index (Phi) is 9.35. The Labute approximate surface area is 209 Å². The highest BCUT2D eigenvalue weighted by Crippen LogP contribution is 2.32. The Bertz CT molecular complexity index is 1130. The van der Waals surface area contributed by atoms with E-state index in [2.05, 4.69) is 33.0 Å². The van der Waals surface area contributed by atoms with E-state index in [-0.39, 0.29) is 6.54 Å². The summed E-state index contributed by atoms with van der Waals surface area (Å²) in [7, 11) is -3.60. The first-order chi connectivity index (χ1) is 15.8. The first-order valence-corrected chi connectivity index (χ1v) is 13.9. The largest absolute Gasteiger partial charge is 0.387 e. The van der Waals surface area contributed by atoms with Crippen LogP contribution < -0.4 is 4.31 Å². The molecule has 1 unspecified atom stereocenters. The summed E-state index contributed by atoms with van der Waals surface area (Å²) in [5.41, 5.74) is 2.98. The molecule has 0 saturated carbocycles. The molecule has 5 nitrogen and oxygen atoms in total. The third kappa shape index (κ3) is 7.55. The smallest absolute Gasteiger partial charge is 0.232 e. The van der Waals surface area contributed by atoms with Crippen LogP contribution in [0.25, 0.3) is 0 Å². The number of aliphatic hydroxyl groups excluding tert-OH is 1. The summed E-state index contributed by atoms with van der Waals surface area (Å²) in [6.45, 7) is 2.02. The third-order valence-electron chi connectivity index (χ3n) is 5.27. The van der Waals surface area contributed by atoms with Crippen LogP contribution in [0, 0.1) is 0 Å². The monoisotopic (exact) mass is 550 g/mol. The number of sulfonamides is 1. The molecular formula is C25H28BrClN2O3S. The molecule has 3 rings (SSSR count). The van der Waals surface area contributed by atoms with Crippen molar-refractivity contribution in [2.45, 2.75) is 19.2 Å². The van der Waals surface area contributed by atoms with Crippen LogP contribution >= 0.6 is 27.5 Å². The number of hydrogen-bond acceptors (Lipinski definition) is 4. The topological polar surface area (TPSA) is 60.9 Å². The summed E-state index contributed by atoms with van der Waals surface area (Å²) in [5.74, 6) is 0. The van der Waals surface area contributed by atoms with Crippen molar-refractivity contribution in [2.75, 3.05) is 29.0 Å². The first-order valence-electron chi connectivity index (χ1n) is 10.6. The fraction of sp³-hybridized carbons (Fsp3) is 0.280. The third-order valence-corrected chi connectivity index (χ3v) is 7.07. The van der Waals surface area contributed by atoms with E-state index in [1.807, 2.05) is 48.5 Å². The molecule has 0 amide bonds. The zero-order valence-electron chi connectivity index (χ0n) is 18.4. The van der Waals surface area contributed by atoms with Crippen molar-refractivity contribution in [2.24, 2.45) is 0 Å². The maximum absolute atomic E-state index is 12.6. The van der Waals surface area contributed by atoms with Gasteiger partial charge >= 0.3 is 0 Å². The van der Waals surface area contributed by atoms with Gasteiger partial charge < -0.3 is 5.11 Å². The van der Waals surface area contributed by atoms with E-state index in [1.54, 1.807) is 18.2 Å². The van der Waals surface area contributed by atoms with Crippen molar-refractivity contribution in [1.29, 1.82) is 0 Å². The molecule has 8 heteroatoms. The number of rotatable bonds is 11. The zero-order chi connectivity index (χ0) is 23.8. The van der Waals surface area contributed by atoms with Gasteiger partial charge in [0.05, 0.1) is 29.6 Å². The highest BCUT2D eigenvalue weighted by atomic mass is 79.9. The minimum Gasteiger partial charge on any atom is -0.387 e. The molecule has 1 atom stereocenters. The fourth-order valence-electron chi connectivity index (χ4n) is 3.60. The van der Waals surface area contributed by atoms with Crippen LogP contribution in [0.5, 0.6) is 0 Å². The van der Waals surface area contributed by atoms with Crippen LogP contribution in [0.3, 0.4) is 0 Å². The van der Waals surface area contributed by atoms with Gasteiger partial charge in [0, 0.05) is 25.0 Å². The lowest BCUT2D eigenvalue weighted by molar-refractivity contribution is 0.113. The number of nitrogens with zero attached hydrogens (tertiary/aromatic N) is 2. The van der Waals surface area contributed by atoms with Gasteiger partial charge in [0.25, 0.3) is 0 Å². The lowest BCUT2D eigenvalue weighted by Crippen LogP contribution is -2.31. The molecule has 0 fully saturated rings. The quantitative estimate of drug-likeness (QED) is 0.331. The minimum atomic E-state index is -3.60. The SMILES string of the molecule is CS(=O)(=O)N(Cc1ccccc1)c1cc(C(O)CN(CCBr)Cc2ccccc2)ccc1Cl. The molecule has 0 spiro atoms. The van der Waals surface area contributed by atoms with Crippen LogP contribution in [0.15, 0.2) is 78.9 Å². The van der Waals surface area contributed by atoms with Gasteiger partial charge in [0.2, 0.25) is 10.0 Å².